The molecule has 1 fully saturated rings. The Balaban J connectivity index is 1.15. The number of nitrogens with one attached hydrogen (secondary N) is 1. The van der Waals surface area contributed by atoms with Gasteiger partial charge in [-0.3, -0.25) is 9.59 Å². The van der Waals surface area contributed by atoms with E-state index in [-0.39, 0.29) is 11.8 Å². The number of benzene rings is 3. The van der Waals surface area contributed by atoms with Crippen LogP contribution in [-0.4, -0.2) is 67.5 Å². The number of nitrogens with zero attached hydrogens (tertiary/aromatic N) is 2. The number of para-hydroxylation sites is 1. The summed E-state index contributed by atoms with van der Waals surface area (Å²) in [6.45, 7) is 5.72. The van der Waals surface area contributed by atoms with E-state index in [2.05, 4.69) is 16.3 Å². The third kappa shape index (κ3) is 5.77. The summed E-state index contributed by atoms with van der Waals surface area (Å²) in [5, 5.41) is 2.90. The molecule has 2 aliphatic heterocycles. The van der Waals surface area contributed by atoms with Gasteiger partial charge in [0.15, 0.2) is 0 Å². The van der Waals surface area contributed by atoms with E-state index in [9.17, 15) is 9.59 Å². The molecule has 3 aromatic carbocycles. The van der Waals surface area contributed by atoms with Crippen LogP contribution in [0.25, 0.3) is 11.1 Å². The lowest BCUT2D eigenvalue weighted by molar-refractivity contribution is 0.0724. The van der Waals surface area contributed by atoms with Gasteiger partial charge in [0.1, 0.15) is 12.4 Å². The fraction of sp³-hybridized carbons (Fsp3) is 0.333. The highest BCUT2D eigenvalue weighted by Crippen LogP contribution is 2.27. The number of carbonyl (C=O) groups is 2. The molecule has 0 spiro atoms. The molecule has 6 nitrogen and oxygen atoms in total. The van der Waals surface area contributed by atoms with Crippen LogP contribution in [-0.2, 0) is 6.42 Å². The average Bonchev–Trinajstić information content (AvgIpc) is 3.45. The van der Waals surface area contributed by atoms with Crippen molar-refractivity contribution in [3.63, 3.8) is 0 Å². The number of likely N-dealkylation sites (tertiary alicyclic amines) is 1. The molecule has 0 aliphatic carbocycles. The summed E-state index contributed by atoms with van der Waals surface area (Å²) in [7, 11) is 0. The molecule has 0 unspecified atom stereocenters. The van der Waals surface area contributed by atoms with Crippen molar-refractivity contribution in [2.75, 3.05) is 45.9 Å². The van der Waals surface area contributed by atoms with Gasteiger partial charge in [0.2, 0.25) is 0 Å². The predicted octanol–water partition coefficient (Wildman–Crippen LogP) is 4.26. The molecule has 0 bridgehead atoms. The molecule has 2 aliphatic rings. The maximum Gasteiger partial charge on any atom is 0.254 e. The molecular formula is C30H33N3O3. The molecule has 2 heterocycles. The molecular weight excluding hydrogens is 450 g/mol. The van der Waals surface area contributed by atoms with Crippen molar-refractivity contribution < 1.29 is 14.3 Å². The minimum absolute atomic E-state index is 0.122. The number of hydrogen-bond acceptors (Lipinski definition) is 4. The Labute approximate surface area is 212 Å². The monoisotopic (exact) mass is 483 g/mol. The number of ether oxygens (including phenoxy) is 1. The van der Waals surface area contributed by atoms with E-state index in [1.54, 1.807) is 0 Å². The average molecular weight is 484 g/mol. The van der Waals surface area contributed by atoms with Crippen molar-refractivity contribution >= 4 is 11.8 Å². The van der Waals surface area contributed by atoms with Crippen molar-refractivity contribution in [1.29, 1.82) is 0 Å². The molecule has 36 heavy (non-hydrogen) atoms. The van der Waals surface area contributed by atoms with Crippen LogP contribution in [0.15, 0.2) is 72.8 Å². The Morgan fingerprint density at radius 2 is 1.61 bits per heavy atom. The summed E-state index contributed by atoms with van der Waals surface area (Å²) in [6, 6.07) is 23.3. The molecule has 5 rings (SSSR count). The smallest absolute Gasteiger partial charge is 0.254 e. The minimum atomic E-state index is -0.122. The molecule has 0 atom stereocenters. The normalized spacial score (nSPS) is 15.6. The van der Waals surface area contributed by atoms with Gasteiger partial charge in [0.25, 0.3) is 11.8 Å². The fourth-order valence-corrected chi connectivity index (χ4v) is 4.96. The Bertz CT molecular complexity index is 1190. The van der Waals surface area contributed by atoms with Crippen LogP contribution in [0, 0.1) is 0 Å². The Kier molecular flexibility index (Phi) is 7.62. The zero-order valence-electron chi connectivity index (χ0n) is 20.6. The first kappa shape index (κ1) is 24.1. The van der Waals surface area contributed by atoms with Gasteiger partial charge in [-0.1, -0.05) is 42.5 Å². The van der Waals surface area contributed by atoms with Gasteiger partial charge in [0.05, 0.1) is 6.54 Å². The van der Waals surface area contributed by atoms with Gasteiger partial charge >= 0.3 is 0 Å². The van der Waals surface area contributed by atoms with Gasteiger partial charge < -0.3 is 19.9 Å². The lowest BCUT2D eigenvalue weighted by Gasteiger charge is -2.30. The molecule has 0 aromatic heterocycles. The van der Waals surface area contributed by atoms with E-state index in [0.29, 0.717) is 18.7 Å². The molecule has 6 heteroatoms. The van der Waals surface area contributed by atoms with E-state index >= 15 is 0 Å². The van der Waals surface area contributed by atoms with Crippen LogP contribution in [0.3, 0.4) is 0 Å². The summed E-state index contributed by atoms with van der Waals surface area (Å²) < 4.78 is 5.62. The fourth-order valence-electron chi connectivity index (χ4n) is 4.96. The maximum atomic E-state index is 13.0. The molecule has 3 aromatic rings. The highest BCUT2D eigenvalue weighted by molar-refractivity contribution is 5.97. The SMILES string of the molecule is O=C(NCCOc1ccccc1)c1ccc(-c2ccc3c(c2)CCN(CCN2CCCC2)C3=O)cc1. The van der Waals surface area contributed by atoms with E-state index in [1.807, 2.05) is 71.6 Å². The van der Waals surface area contributed by atoms with Crippen LogP contribution >= 0.6 is 0 Å². The minimum Gasteiger partial charge on any atom is -0.492 e. The summed E-state index contributed by atoms with van der Waals surface area (Å²) in [5.74, 6) is 0.811. The first-order valence-electron chi connectivity index (χ1n) is 12.9. The Hall–Kier alpha value is -3.64. The molecule has 1 saturated heterocycles. The van der Waals surface area contributed by atoms with Gasteiger partial charge in [-0.2, -0.15) is 0 Å². The maximum absolute atomic E-state index is 13.0. The molecule has 0 saturated carbocycles. The molecule has 186 valence electrons. The number of amides is 2. The van der Waals surface area contributed by atoms with Crippen LogP contribution < -0.4 is 10.1 Å². The topological polar surface area (TPSA) is 61.9 Å². The number of rotatable bonds is 9. The third-order valence-electron chi connectivity index (χ3n) is 7.04. The Morgan fingerprint density at radius 3 is 2.39 bits per heavy atom. The van der Waals surface area contributed by atoms with Crippen molar-refractivity contribution in [2.24, 2.45) is 0 Å². The number of carbonyl (C=O) groups excluding carboxylic acids is 2. The quantitative estimate of drug-likeness (QED) is 0.462. The zero-order valence-corrected chi connectivity index (χ0v) is 20.6. The second kappa shape index (κ2) is 11.4. The summed E-state index contributed by atoms with van der Waals surface area (Å²) in [4.78, 5) is 30.0. The second-order valence-electron chi connectivity index (χ2n) is 9.46. The number of hydrogen-bond donors (Lipinski definition) is 1. The van der Waals surface area contributed by atoms with E-state index in [0.717, 1.165) is 67.1 Å². The van der Waals surface area contributed by atoms with Crippen molar-refractivity contribution in [3.8, 4) is 16.9 Å². The first-order chi connectivity index (χ1) is 17.7. The van der Waals surface area contributed by atoms with Crippen molar-refractivity contribution in [1.82, 2.24) is 15.1 Å². The first-order valence-corrected chi connectivity index (χ1v) is 12.9. The van der Waals surface area contributed by atoms with Crippen LogP contribution in [0.1, 0.15) is 39.1 Å². The van der Waals surface area contributed by atoms with E-state index in [4.69, 9.17) is 4.74 Å². The largest absolute Gasteiger partial charge is 0.492 e. The highest BCUT2D eigenvalue weighted by Gasteiger charge is 2.25. The van der Waals surface area contributed by atoms with E-state index in [1.165, 1.54) is 12.8 Å². The molecule has 1 N–H and O–H groups in total. The lowest BCUT2D eigenvalue weighted by Crippen LogP contribution is -2.42. The molecule has 0 radical (unpaired) electrons. The zero-order chi connectivity index (χ0) is 24.7. The predicted molar refractivity (Wildman–Crippen MR) is 141 cm³/mol. The van der Waals surface area contributed by atoms with Crippen LogP contribution in [0.5, 0.6) is 5.75 Å². The Morgan fingerprint density at radius 1 is 0.861 bits per heavy atom. The van der Waals surface area contributed by atoms with Gasteiger partial charge in [-0.15, -0.1) is 0 Å². The van der Waals surface area contributed by atoms with Crippen molar-refractivity contribution in [3.05, 3.63) is 89.5 Å². The highest BCUT2D eigenvalue weighted by atomic mass is 16.5. The van der Waals surface area contributed by atoms with Gasteiger partial charge in [-0.25, -0.2) is 0 Å². The van der Waals surface area contributed by atoms with Gasteiger partial charge in [0, 0.05) is 30.8 Å². The van der Waals surface area contributed by atoms with Gasteiger partial charge in [-0.05, 0) is 79.4 Å². The third-order valence-corrected chi connectivity index (χ3v) is 7.04. The van der Waals surface area contributed by atoms with Crippen LogP contribution in [0.2, 0.25) is 0 Å². The van der Waals surface area contributed by atoms with E-state index < -0.39 is 0 Å². The second-order valence-corrected chi connectivity index (χ2v) is 9.46. The standard InChI is InChI=1S/C30H33N3O3/c34-29(31-15-21-36-27-6-2-1-3-7-27)24-10-8-23(9-11-24)25-12-13-28-26(22-25)14-18-33(30(28)35)20-19-32-16-4-5-17-32/h1-3,6-13,22H,4-5,14-21H2,(H,31,34). The summed E-state index contributed by atoms with van der Waals surface area (Å²) in [5.41, 5.74) is 4.64. The lowest BCUT2D eigenvalue weighted by atomic mass is 9.93. The molecule has 2 amide bonds. The summed E-state index contributed by atoms with van der Waals surface area (Å²) >= 11 is 0. The summed E-state index contributed by atoms with van der Waals surface area (Å²) in [6.07, 6.45) is 3.42. The van der Waals surface area contributed by atoms with Crippen molar-refractivity contribution in [2.45, 2.75) is 19.3 Å². The van der Waals surface area contributed by atoms with Crippen LogP contribution in [0.4, 0.5) is 0 Å². The number of fused-ring (bicyclic) bond motifs is 1.